The van der Waals surface area contributed by atoms with Gasteiger partial charge in [0.15, 0.2) is 6.29 Å². The molecule has 1 aliphatic rings. The predicted octanol–water partition coefficient (Wildman–Crippen LogP) is 2.80. The first kappa shape index (κ1) is 9.90. The minimum atomic E-state index is -0.227. The van der Waals surface area contributed by atoms with Crippen molar-refractivity contribution < 1.29 is 9.47 Å². The number of benzene rings is 1. The summed E-state index contributed by atoms with van der Waals surface area (Å²) in [6.45, 7) is 1.34. The average Bonchev–Trinajstić information content (AvgIpc) is 2.72. The van der Waals surface area contributed by atoms with Gasteiger partial charge in [-0.15, -0.1) is 0 Å². The van der Waals surface area contributed by atoms with Gasteiger partial charge in [-0.2, -0.15) is 0 Å². The molecule has 0 unspecified atom stereocenters. The number of ether oxygens (including phenoxy) is 2. The molecule has 0 bridgehead atoms. The van der Waals surface area contributed by atoms with E-state index in [1.165, 1.54) is 0 Å². The Morgan fingerprint density at radius 1 is 1.21 bits per heavy atom. The largest absolute Gasteiger partial charge is 0.345 e. The normalized spacial score (nSPS) is 18.8. The lowest BCUT2D eigenvalue weighted by molar-refractivity contribution is -0.00327. The van der Waals surface area contributed by atoms with E-state index in [0.717, 1.165) is 10.0 Å². The number of hydrogen-bond acceptors (Lipinski definition) is 2. The van der Waals surface area contributed by atoms with E-state index in [9.17, 15) is 0 Å². The monoisotopic (exact) mass is 254 g/mol. The van der Waals surface area contributed by atoms with Crippen LogP contribution in [0.25, 0.3) is 6.08 Å². The molecule has 0 amide bonds. The molecule has 1 saturated heterocycles. The molecule has 0 saturated carbocycles. The van der Waals surface area contributed by atoms with Crippen molar-refractivity contribution in [2.45, 2.75) is 6.29 Å². The molecule has 74 valence electrons. The van der Waals surface area contributed by atoms with Gasteiger partial charge in [-0.1, -0.05) is 46.3 Å². The van der Waals surface area contributed by atoms with Gasteiger partial charge in [0.25, 0.3) is 0 Å². The molecule has 0 atom stereocenters. The molecule has 1 fully saturated rings. The zero-order chi connectivity index (χ0) is 9.80. The van der Waals surface area contributed by atoms with Crippen LogP contribution >= 0.6 is 15.9 Å². The van der Waals surface area contributed by atoms with E-state index in [2.05, 4.69) is 15.9 Å². The van der Waals surface area contributed by atoms with Crippen LogP contribution in [0, 0.1) is 0 Å². The van der Waals surface area contributed by atoms with Crippen LogP contribution in [0.3, 0.4) is 0 Å². The van der Waals surface area contributed by atoms with Gasteiger partial charge in [-0.25, -0.2) is 0 Å². The number of rotatable bonds is 2. The Kier molecular flexibility index (Phi) is 3.35. The lowest BCUT2D eigenvalue weighted by atomic mass is 10.2. The Morgan fingerprint density at radius 2 is 1.86 bits per heavy atom. The highest BCUT2D eigenvalue weighted by Gasteiger charge is 2.18. The number of halogens is 1. The Bertz CT molecular complexity index is 315. The van der Waals surface area contributed by atoms with Crippen LogP contribution in [0.5, 0.6) is 0 Å². The van der Waals surface area contributed by atoms with E-state index in [1.54, 1.807) is 0 Å². The van der Waals surface area contributed by atoms with E-state index in [1.807, 2.05) is 36.4 Å². The smallest absolute Gasteiger partial charge is 0.190 e. The molecule has 0 N–H and O–H groups in total. The quantitative estimate of drug-likeness (QED) is 0.809. The second-order valence-electron chi connectivity index (χ2n) is 3.01. The van der Waals surface area contributed by atoms with Crippen LogP contribution in [-0.4, -0.2) is 19.5 Å². The fourth-order valence-corrected chi connectivity index (χ4v) is 1.82. The summed E-state index contributed by atoms with van der Waals surface area (Å²) in [5.41, 5.74) is 1.14. The van der Waals surface area contributed by atoms with Crippen LogP contribution in [0.2, 0.25) is 0 Å². The van der Waals surface area contributed by atoms with Gasteiger partial charge in [0.05, 0.1) is 17.7 Å². The first-order chi connectivity index (χ1) is 6.86. The van der Waals surface area contributed by atoms with Gasteiger partial charge in [-0.05, 0) is 11.6 Å². The van der Waals surface area contributed by atoms with Crippen LogP contribution in [0.1, 0.15) is 5.56 Å². The molecule has 0 radical (unpaired) electrons. The van der Waals surface area contributed by atoms with E-state index in [0.29, 0.717) is 13.2 Å². The fourth-order valence-electron chi connectivity index (χ4n) is 1.29. The summed E-state index contributed by atoms with van der Waals surface area (Å²) in [7, 11) is 0. The van der Waals surface area contributed by atoms with Crippen molar-refractivity contribution in [2.24, 2.45) is 0 Å². The van der Waals surface area contributed by atoms with Gasteiger partial charge in [0.1, 0.15) is 0 Å². The summed E-state index contributed by atoms with van der Waals surface area (Å²) in [4.78, 5) is 0. The highest BCUT2D eigenvalue weighted by Crippen LogP contribution is 2.22. The first-order valence-electron chi connectivity index (χ1n) is 4.51. The zero-order valence-corrected chi connectivity index (χ0v) is 9.24. The zero-order valence-electron chi connectivity index (χ0n) is 7.65. The van der Waals surface area contributed by atoms with Crippen molar-refractivity contribution in [1.29, 1.82) is 0 Å². The summed E-state index contributed by atoms with van der Waals surface area (Å²) in [6.07, 6.45) is 1.78. The van der Waals surface area contributed by atoms with Crippen molar-refractivity contribution >= 4 is 22.0 Å². The fraction of sp³-hybridized carbons (Fsp3) is 0.273. The number of hydrogen-bond donors (Lipinski definition) is 0. The van der Waals surface area contributed by atoms with Crippen LogP contribution in [0.15, 0.2) is 34.8 Å². The van der Waals surface area contributed by atoms with Gasteiger partial charge < -0.3 is 9.47 Å². The summed E-state index contributed by atoms with van der Waals surface area (Å²) in [5, 5.41) is 0. The Labute approximate surface area is 91.7 Å². The van der Waals surface area contributed by atoms with Crippen LogP contribution in [0.4, 0.5) is 0 Å². The Balaban J connectivity index is 2.10. The van der Waals surface area contributed by atoms with E-state index < -0.39 is 0 Å². The molecule has 1 aromatic carbocycles. The third kappa shape index (κ3) is 2.44. The average molecular weight is 255 g/mol. The standard InChI is InChI=1S/C11H11BrO2/c12-10(11-13-6-7-14-11)8-9-4-2-1-3-5-9/h1-5,8,11H,6-7H2/b10-8+. The predicted molar refractivity (Wildman–Crippen MR) is 59.0 cm³/mol. The Hall–Kier alpha value is -0.640. The maximum absolute atomic E-state index is 5.35. The van der Waals surface area contributed by atoms with E-state index >= 15 is 0 Å². The van der Waals surface area contributed by atoms with Gasteiger partial charge in [0.2, 0.25) is 0 Å². The van der Waals surface area contributed by atoms with Gasteiger partial charge >= 0.3 is 0 Å². The molecule has 2 rings (SSSR count). The van der Waals surface area contributed by atoms with Crippen molar-refractivity contribution in [3.8, 4) is 0 Å². The van der Waals surface area contributed by atoms with Crippen molar-refractivity contribution in [3.05, 3.63) is 40.4 Å². The molecular weight excluding hydrogens is 244 g/mol. The molecule has 14 heavy (non-hydrogen) atoms. The summed E-state index contributed by atoms with van der Waals surface area (Å²) in [5.74, 6) is 0. The van der Waals surface area contributed by atoms with E-state index in [4.69, 9.17) is 9.47 Å². The maximum atomic E-state index is 5.35. The van der Waals surface area contributed by atoms with Gasteiger partial charge in [0, 0.05) is 0 Å². The van der Waals surface area contributed by atoms with Crippen molar-refractivity contribution in [2.75, 3.05) is 13.2 Å². The molecule has 2 nitrogen and oxygen atoms in total. The highest BCUT2D eigenvalue weighted by atomic mass is 79.9. The SMILES string of the molecule is Br/C(=C/c1ccccc1)C1OCCO1. The van der Waals surface area contributed by atoms with E-state index in [-0.39, 0.29) is 6.29 Å². The second kappa shape index (κ2) is 4.73. The second-order valence-corrected chi connectivity index (χ2v) is 3.93. The molecule has 3 heteroatoms. The first-order valence-corrected chi connectivity index (χ1v) is 5.31. The topological polar surface area (TPSA) is 18.5 Å². The molecule has 1 aromatic rings. The minimum absolute atomic E-state index is 0.227. The molecular formula is C11H11BrO2. The molecule has 0 aliphatic carbocycles. The summed E-state index contributed by atoms with van der Waals surface area (Å²) < 4.78 is 11.6. The Morgan fingerprint density at radius 3 is 2.50 bits per heavy atom. The molecule has 0 aromatic heterocycles. The third-order valence-electron chi connectivity index (χ3n) is 1.95. The minimum Gasteiger partial charge on any atom is -0.345 e. The van der Waals surface area contributed by atoms with Crippen molar-refractivity contribution in [1.82, 2.24) is 0 Å². The molecule has 1 aliphatic heterocycles. The van der Waals surface area contributed by atoms with Crippen LogP contribution in [-0.2, 0) is 9.47 Å². The highest BCUT2D eigenvalue weighted by molar-refractivity contribution is 9.11. The molecule has 1 heterocycles. The maximum Gasteiger partial charge on any atom is 0.190 e. The van der Waals surface area contributed by atoms with Gasteiger partial charge in [-0.3, -0.25) is 0 Å². The lowest BCUT2D eigenvalue weighted by Gasteiger charge is -2.07. The van der Waals surface area contributed by atoms with Crippen LogP contribution < -0.4 is 0 Å². The molecule has 0 spiro atoms. The summed E-state index contributed by atoms with van der Waals surface area (Å²) in [6, 6.07) is 10.1. The third-order valence-corrected chi connectivity index (χ3v) is 2.55. The lowest BCUT2D eigenvalue weighted by Crippen LogP contribution is -2.06. The van der Waals surface area contributed by atoms with Crippen molar-refractivity contribution in [3.63, 3.8) is 0 Å². The summed E-state index contributed by atoms with van der Waals surface area (Å²) >= 11 is 3.45.